The van der Waals surface area contributed by atoms with Crippen molar-refractivity contribution in [2.24, 2.45) is 0 Å². The maximum atomic E-state index is 13.2. The second kappa shape index (κ2) is 10.2. The molecule has 0 saturated heterocycles. The molecular formula is C24H22FN5O2S. The fourth-order valence-electron chi connectivity index (χ4n) is 3.02. The van der Waals surface area contributed by atoms with Crippen LogP contribution in [0.3, 0.4) is 0 Å². The second-order valence-corrected chi connectivity index (χ2v) is 8.35. The van der Waals surface area contributed by atoms with E-state index in [0.29, 0.717) is 22.4 Å². The number of carbonyl (C=O) groups excluding carboxylic acids is 1. The first-order valence-corrected chi connectivity index (χ1v) is 11.0. The molecule has 168 valence electrons. The summed E-state index contributed by atoms with van der Waals surface area (Å²) in [7, 11) is 0. The highest BCUT2D eigenvalue weighted by atomic mass is 32.2. The Hall–Kier alpha value is -3.85. The number of benzene rings is 3. The Balaban J connectivity index is 1.50. The van der Waals surface area contributed by atoms with E-state index in [-0.39, 0.29) is 18.3 Å². The molecule has 0 radical (unpaired) electrons. The van der Waals surface area contributed by atoms with Gasteiger partial charge in [-0.3, -0.25) is 4.79 Å². The third-order valence-corrected chi connectivity index (χ3v) is 6.01. The molecular weight excluding hydrogens is 441 g/mol. The van der Waals surface area contributed by atoms with Crippen LogP contribution in [0.25, 0.3) is 0 Å². The van der Waals surface area contributed by atoms with Crippen molar-refractivity contribution >= 4 is 23.4 Å². The third-order valence-electron chi connectivity index (χ3n) is 4.80. The monoisotopic (exact) mass is 463 g/mol. The summed E-state index contributed by atoms with van der Waals surface area (Å²) in [4.78, 5) is 13.2. The Morgan fingerprint density at radius 1 is 1.06 bits per heavy atom. The predicted molar refractivity (Wildman–Crippen MR) is 126 cm³/mol. The van der Waals surface area contributed by atoms with Crippen LogP contribution < -0.4 is 15.9 Å². The number of nitrogens with zero attached hydrogens (tertiary/aromatic N) is 3. The van der Waals surface area contributed by atoms with Gasteiger partial charge in [-0.05, 0) is 48.9 Å². The molecule has 0 fully saturated rings. The second-order valence-electron chi connectivity index (χ2n) is 7.28. The van der Waals surface area contributed by atoms with E-state index in [9.17, 15) is 9.18 Å². The number of aryl methyl sites for hydroxylation is 1. The minimum Gasteiger partial charge on any atom is -0.486 e. The fourth-order valence-corrected chi connectivity index (χ4v) is 3.99. The van der Waals surface area contributed by atoms with Crippen molar-refractivity contribution in [2.75, 3.05) is 11.2 Å². The largest absolute Gasteiger partial charge is 0.486 e. The zero-order valence-electron chi connectivity index (χ0n) is 17.8. The summed E-state index contributed by atoms with van der Waals surface area (Å²) in [6, 6.07) is 22.6. The van der Waals surface area contributed by atoms with Gasteiger partial charge in [0.2, 0.25) is 11.1 Å². The Morgan fingerprint density at radius 3 is 2.45 bits per heavy atom. The number of nitrogens with one attached hydrogen (secondary N) is 1. The van der Waals surface area contributed by atoms with E-state index in [0.717, 1.165) is 11.1 Å². The van der Waals surface area contributed by atoms with Gasteiger partial charge in [-0.25, -0.2) is 9.07 Å². The van der Waals surface area contributed by atoms with Crippen LogP contribution in [0, 0.1) is 12.7 Å². The van der Waals surface area contributed by atoms with E-state index in [1.807, 2.05) is 61.5 Å². The summed E-state index contributed by atoms with van der Waals surface area (Å²) in [5, 5.41) is 10.9. The SMILES string of the molecule is Cc1ccc(NC(=O)C(Sc2nnc(COc3ccc(F)cc3)n2N)c2ccccc2)cc1. The molecule has 0 aliphatic heterocycles. The van der Waals surface area contributed by atoms with Gasteiger partial charge >= 0.3 is 0 Å². The molecule has 0 saturated carbocycles. The van der Waals surface area contributed by atoms with Crippen LogP contribution in [0.4, 0.5) is 10.1 Å². The molecule has 0 bridgehead atoms. The first kappa shape index (κ1) is 22.3. The smallest absolute Gasteiger partial charge is 0.242 e. The van der Waals surface area contributed by atoms with Crippen LogP contribution in [0.1, 0.15) is 22.2 Å². The van der Waals surface area contributed by atoms with Crippen LogP contribution in [-0.2, 0) is 11.4 Å². The Labute approximate surface area is 194 Å². The number of nitrogen functional groups attached to an aromatic ring is 1. The van der Waals surface area contributed by atoms with E-state index in [1.54, 1.807) is 0 Å². The third kappa shape index (κ3) is 5.69. The van der Waals surface area contributed by atoms with Crippen molar-refractivity contribution in [3.05, 3.63) is 102 Å². The molecule has 1 unspecified atom stereocenters. The van der Waals surface area contributed by atoms with E-state index < -0.39 is 5.25 Å². The quantitative estimate of drug-likeness (QED) is 0.295. The van der Waals surface area contributed by atoms with Gasteiger partial charge in [-0.15, -0.1) is 10.2 Å². The Morgan fingerprint density at radius 2 is 1.76 bits per heavy atom. The minimum atomic E-state index is -0.607. The van der Waals surface area contributed by atoms with Crippen LogP contribution in [0.5, 0.6) is 5.75 Å². The normalized spacial score (nSPS) is 11.7. The standard InChI is InChI=1S/C24H22FN5O2S/c1-16-7-11-19(12-8-16)27-23(31)22(17-5-3-2-4-6-17)33-24-29-28-21(30(24)26)15-32-20-13-9-18(25)10-14-20/h2-14,22H,15,26H2,1H3,(H,27,31). The van der Waals surface area contributed by atoms with Crippen molar-refractivity contribution in [2.45, 2.75) is 23.9 Å². The van der Waals surface area contributed by atoms with Gasteiger partial charge in [0.1, 0.15) is 23.4 Å². The van der Waals surface area contributed by atoms with Crippen LogP contribution in [-0.4, -0.2) is 20.8 Å². The summed E-state index contributed by atoms with van der Waals surface area (Å²) in [5.74, 6) is 6.48. The lowest BCUT2D eigenvalue weighted by Gasteiger charge is -2.16. The number of aromatic nitrogens is 3. The Bertz CT molecular complexity index is 1210. The first-order valence-electron chi connectivity index (χ1n) is 10.2. The molecule has 7 nitrogen and oxygen atoms in total. The lowest BCUT2D eigenvalue weighted by Crippen LogP contribution is -2.21. The average Bonchev–Trinajstić information content (AvgIpc) is 3.18. The van der Waals surface area contributed by atoms with Crippen molar-refractivity contribution in [1.82, 2.24) is 14.9 Å². The molecule has 0 aliphatic rings. The number of nitrogens with two attached hydrogens (primary N) is 1. The van der Waals surface area contributed by atoms with Crippen molar-refractivity contribution in [1.29, 1.82) is 0 Å². The zero-order valence-corrected chi connectivity index (χ0v) is 18.6. The minimum absolute atomic E-state index is 0.0429. The molecule has 1 aromatic heterocycles. The van der Waals surface area contributed by atoms with E-state index in [1.165, 1.54) is 40.7 Å². The summed E-state index contributed by atoms with van der Waals surface area (Å²) in [6.45, 7) is 2.03. The van der Waals surface area contributed by atoms with Gasteiger partial charge in [-0.1, -0.05) is 59.8 Å². The predicted octanol–water partition coefficient (Wildman–Crippen LogP) is 4.49. The fraction of sp³-hybridized carbons (Fsp3) is 0.125. The molecule has 0 aliphatic carbocycles. The molecule has 9 heteroatoms. The van der Waals surface area contributed by atoms with Crippen LogP contribution >= 0.6 is 11.8 Å². The maximum Gasteiger partial charge on any atom is 0.242 e. The van der Waals surface area contributed by atoms with Gasteiger partial charge in [-0.2, -0.15) is 0 Å². The number of carbonyl (C=O) groups is 1. The number of thioether (sulfide) groups is 1. The maximum absolute atomic E-state index is 13.2. The first-order chi connectivity index (χ1) is 16.0. The van der Waals surface area contributed by atoms with Crippen molar-refractivity contribution in [3.63, 3.8) is 0 Å². The number of ether oxygens (including phenoxy) is 1. The number of amides is 1. The molecule has 1 atom stereocenters. The number of halogens is 1. The van der Waals surface area contributed by atoms with Gasteiger partial charge in [0.15, 0.2) is 5.82 Å². The van der Waals surface area contributed by atoms with E-state index in [2.05, 4.69) is 15.5 Å². The molecule has 4 rings (SSSR count). The van der Waals surface area contributed by atoms with Gasteiger partial charge in [0.25, 0.3) is 0 Å². The summed E-state index contributed by atoms with van der Waals surface area (Å²) < 4.78 is 20.0. The lowest BCUT2D eigenvalue weighted by molar-refractivity contribution is -0.115. The van der Waals surface area contributed by atoms with Crippen molar-refractivity contribution in [3.8, 4) is 5.75 Å². The number of rotatable bonds is 8. The zero-order chi connectivity index (χ0) is 23.2. The molecule has 3 aromatic carbocycles. The van der Waals surface area contributed by atoms with E-state index >= 15 is 0 Å². The molecule has 4 aromatic rings. The topological polar surface area (TPSA) is 95.1 Å². The number of hydrogen-bond donors (Lipinski definition) is 2. The van der Waals surface area contributed by atoms with Gasteiger partial charge in [0.05, 0.1) is 0 Å². The highest BCUT2D eigenvalue weighted by Gasteiger charge is 2.25. The van der Waals surface area contributed by atoms with Crippen LogP contribution in [0.15, 0.2) is 84.0 Å². The summed E-state index contributed by atoms with van der Waals surface area (Å²) >= 11 is 1.19. The molecule has 0 spiro atoms. The van der Waals surface area contributed by atoms with Gasteiger partial charge < -0.3 is 15.9 Å². The highest BCUT2D eigenvalue weighted by molar-refractivity contribution is 8.00. The molecule has 3 N–H and O–H groups in total. The molecule has 1 heterocycles. The summed E-state index contributed by atoms with van der Waals surface area (Å²) in [6.07, 6.45) is 0. The molecule has 33 heavy (non-hydrogen) atoms. The van der Waals surface area contributed by atoms with Gasteiger partial charge in [0, 0.05) is 5.69 Å². The number of anilines is 1. The average molecular weight is 464 g/mol. The van der Waals surface area contributed by atoms with Crippen molar-refractivity contribution < 1.29 is 13.9 Å². The van der Waals surface area contributed by atoms with Crippen LogP contribution in [0.2, 0.25) is 0 Å². The summed E-state index contributed by atoms with van der Waals surface area (Å²) in [5.41, 5.74) is 2.61. The molecule has 1 amide bonds. The Kier molecular flexibility index (Phi) is 6.89. The lowest BCUT2D eigenvalue weighted by atomic mass is 10.1. The van der Waals surface area contributed by atoms with E-state index in [4.69, 9.17) is 10.6 Å². The number of hydrogen-bond acceptors (Lipinski definition) is 6. The highest BCUT2D eigenvalue weighted by Crippen LogP contribution is 2.35.